The van der Waals surface area contributed by atoms with E-state index in [0.717, 1.165) is 5.69 Å². The first-order chi connectivity index (χ1) is 8.58. The van der Waals surface area contributed by atoms with Crippen molar-refractivity contribution >= 4 is 5.69 Å². The zero-order valence-electron chi connectivity index (χ0n) is 11.7. The Morgan fingerprint density at radius 2 is 1.94 bits per heavy atom. The molecule has 0 saturated heterocycles. The van der Waals surface area contributed by atoms with Crippen LogP contribution in [0.4, 0.5) is 5.69 Å². The molecule has 0 fully saturated rings. The van der Waals surface area contributed by atoms with Crippen molar-refractivity contribution in [2.24, 2.45) is 0 Å². The number of hydrogen-bond donors (Lipinski definition) is 2. The van der Waals surface area contributed by atoms with Crippen molar-refractivity contribution < 1.29 is 9.84 Å². The highest BCUT2D eigenvalue weighted by Crippen LogP contribution is 2.18. The fraction of sp³-hybridized carbons (Fsp3) is 0.571. The van der Waals surface area contributed by atoms with Crippen LogP contribution >= 0.6 is 0 Å². The smallest absolute Gasteiger partial charge is 0.0947 e. The van der Waals surface area contributed by atoms with Gasteiger partial charge < -0.3 is 20.1 Å². The molecule has 2 N–H and O–H groups in total. The lowest BCUT2D eigenvalue weighted by Gasteiger charge is -2.23. The molecule has 1 rings (SSSR count). The number of hydrogen-bond acceptors (Lipinski definition) is 4. The third-order valence-electron chi connectivity index (χ3n) is 3.11. The SMILES string of the molecule is CNC(C)c1ccc(N(C)CC(O)COC)cc1. The van der Waals surface area contributed by atoms with Gasteiger partial charge in [0.2, 0.25) is 0 Å². The lowest BCUT2D eigenvalue weighted by atomic mass is 10.1. The number of rotatable bonds is 7. The van der Waals surface area contributed by atoms with Crippen molar-refractivity contribution in [3.05, 3.63) is 29.8 Å². The summed E-state index contributed by atoms with van der Waals surface area (Å²) in [4.78, 5) is 2.03. The number of aliphatic hydroxyl groups is 1. The molecular weight excluding hydrogens is 228 g/mol. The predicted octanol–water partition coefficient (Wildman–Crippen LogP) is 1.41. The fourth-order valence-electron chi connectivity index (χ4n) is 1.85. The molecule has 2 unspecified atom stereocenters. The first kappa shape index (κ1) is 15.0. The van der Waals surface area contributed by atoms with Crippen LogP contribution < -0.4 is 10.2 Å². The van der Waals surface area contributed by atoms with Gasteiger partial charge in [-0.15, -0.1) is 0 Å². The lowest BCUT2D eigenvalue weighted by molar-refractivity contribution is 0.0695. The van der Waals surface area contributed by atoms with E-state index in [4.69, 9.17) is 4.74 Å². The maximum Gasteiger partial charge on any atom is 0.0947 e. The van der Waals surface area contributed by atoms with Crippen LogP contribution in [0.5, 0.6) is 0 Å². The number of methoxy groups -OCH3 is 1. The highest BCUT2D eigenvalue weighted by atomic mass is 16.5. The Hall–Kier alpha value is -1.10. The quantitative estimate of drug-likeness (QED) is 0.770. The van der Waals surface area contributed by atoms with E-state index in [2.05, 4.69) is 36.5 Å². The van der Waals surface area contributed by atoms with Gasteiger partial charge in [0.25, 0.3) is 0 Å². The molecule has 0 heterocycles. The van der Waals surface area contributed by atoms with Crippen LogP contribution in [-0.4, -0.2) is 45.6 Å². The van der Waals surface area contributed by atoms with Crippen molar-refractivity contribution in [2.75, 3.05) is 39.3 Å². The molecule has 1 aromatic rings. The summed E-state index contributed by atoms with van der Waals surface area (Å²) < 4.78 is 4.92. The van der Waals surface area contributed by atoms with Gasteiger partial charge >= 0.3 is 0 Å². The third kappa shape index (κ3) is 4.29. The third-order valence-corrected chi connectivity index (χ3v) is 3.11. The molecule has 0 amide bonds. The van der Waals surface area contributed by atoms with Crippen LogP contribution in [0, 0.1) is 0 Å². The Labute approximate surface area is 110 Å². The topological polar surface area (TPSA) is 44.7 Å². The van der Waals surface area contributed by atoms with Crippen LogP contribution in [0.25, 0.3) is 0 Å². The van der Waals surface area contributed by atoms with Gasteiger partial charge in [-0.2, -0.15) is 0 Å². The van der Waals surface area contributed by atoms with Gasteiger partial charge in [0.15, 0.2) is 0 Å². The molecule has 0 aliphatic carbocycles. The molecule has 1 aromatic carbocycles. The normalized spacial score (nSPS) is 14.3. The number of benzene rings is 1. The zero-order valence-corrected chi connectivity index (χ0v) is 11.7. The van der Waals surface area contributed by atoms with Gasteiger partial charge in [0.05, 0.1) is 12.7 Å². The van der Waals surface area contributed by atoms with Gasteiger partial charge in [0, 0.05) is 32.4 Å². The summed E-state index contributed by atoms with van der Waals surface area (Å²) in [6.07, 6.45) is -0.462. The van der Waals surface area contributed by atoms with Crippen LogP contribution in [0.3, 0.4) is 0 Å². The van der Waals surface area contributed by atoms with Crippen LogP contribution in [0.1, 0.15) is 18.5 Å². The average Bonchev–Trinajstić information content (AvgIpc) is 2.38. The highest BCUT2D eigenvalue weighted by Gasteiger charge is 2.09. The lowest BCUT2D eigenvalue weighted by Crippen LogP contribution is -2.31. The fourth-order valence-corrected chi connectivity index (χ4v) is 1.85. The maximum atomic E-state index is 9.69. The van der Waals surface area contributed by atoms with E-state index in [0.29, 0.717) is 19.2 Å². The average molecular weight is 252 g/mol. The van der Waals surface area contributed by atoms with Gasteiger partial charge in [-0.3, -0.25) is 0 Å². The Morgan fingerprint density at radius 1 is 1.33 bits per heavy atom. The summed E-state index contributed by atoms with van der Waals surface area (Å²) in [6.45, 7) is 3.05. The van der Waals surface area contributed by atoms with Crippen LogP contribution in [-0.2, 0) is 4.74 Å². The van der Waals surface area contributed by atoms with Gasteiger partial charge in [-0.05, 0) is 31.7 Å². The first-order valence-corrected chi connectivity index (χ1v) is 6.23. The summed E-state index contributed by atoms with van der Waals surface area (Å²) in [5.74, 6) is 0. The molecular formula is C14H24N2O2. The number of likely N-dealkylation sites (N-methyl/N-ethyl adjacent to an activating group) is 1. The second-order valence-corrected chi connectivity index (χ2v) is 4.59. The Bertz CT molecular complexity index is 340. The molecule has 18 heavy (non-hydrogen) atoms. The number of nitrogens with one attached hydrogen (secondary N) is 1. The highest BCUT2D eigenvalue weighted by molar-refractivity contribution is 5.47. The number of aliphatic hydroxyl groups excluding tert-OH is 1. The van der Waals surface area contributed by atoms with Crippen LogP contribution in [0.15, 0.2) is 24.3 Å². The van der Waals surface area contributed by atoms with E-state index in [-0.39, 0.29) is 0 Å². The minimum Gasteiger partial charge on any atom is -0.389 e. The Morgan fingerprint density at radius 3 is 2.44 bits per heavy atom. The van der Waals surface area contributed by atoms with E-state index in [1.54, 1.807) is 7.11 Å². The van der Waals surface area contributed by atoms with Crippen molar-refractivity contribution in [1.29, 1.82) is 0 Å². The van der Waals surface area contributed by atoms with E-state index < -0.39 is 6.10 Å². The molecule has 4 nitrogen and oxygen atoms in total. The number of nitrogens with zero attached hydrogens (tertiary/aromatic N) is 1. The predicted molar refractivity (Wildman–Crippen MR) is 75.1 cm³/mol. The summed E-state index contributed by atoms with van der Waals surface area (Å²) in [7, 11) is 5.51. The molecule has 0 aliphatic rings. The second kappa shape index (κ2) is 7.36. The minimum atomic E-state index is -0.462. The van der Waals surface area contributed by atoms with E-state index >= 15 is 0 Å². The minimum absolute atomic E-state index is 0.350. The van der Waals surface area contributed by atoms with E-state index in [1.807, 2.05) is 19.0 Å². The van der Waals surface area contributed by atoms with Gasteiger partial charge in [-0.25, -0.2) is 0 Å². The second-order valence-electron chi connectivity index (χ2n) is 4.59. The molecule has 0 aliphatic heterocycles. The van der Waals surface area contributed by atoms with Crippen LogP contribution in [0.2, 0.25) is 0 Å². The summed E-state index contributed by atoms with van der Waals surface area (Å²) in [5, 5.41) is 12.9. The molecule has 0 bridgehead atoms. The largest absolute Gasteiger partial charge is 0.389 e. The number of anilines is 1. The Balaban J connectivity index is 2.61. The molecule has 0 saturated carbocycles. The summed E-state index contributed by atoms with van der Waals surface area (Å²) >= 11 is 0. The first-order valence-electron chi connectivity index (χ1n) is 6.23. The van der Waals surface area contributed by atoms with Gasteiger partial charge in [0.1, 0.15) is 0 Å². The molecule has 102 valence electrons. The standard InChI is InChI=1S/C14H24N2O2/c1-11(15-2)12-5-7-13(8-6-12)16(3)9-14(17)10-18-4/h5-8,11,14-15,17H,9-10H2,1-4H3. The molecule has 4 heteroatoms. The molecule has 2 atom stereocenters. The monoisotopic (exact) mass is 252 g/mol. The van der Waals surface area contributed by atoms with Gasteiger partial charge in [-0.1, -0.05) is 12.1 Å². The summed E-state index contributed by atoms with van der Waals surface area (Å²) in [6, 6.07) is 8.71. The van der Waals surface area contributed by atoms with Crippen molar-refractivity contribution in [3.8, 4) is 0 Å². The zero-order chi connectivity index (χ0) is 13.5. The Kier molecular flexibility index (Phi) is 6.12. The van der Waals surface area contributed by atoms with Crippen molar-refractivity contribution in [3.63, 3.8) is 0 Å². The van der Waals surface area contributed by atoms with Crippen molar-refractivity contribution in [2.45, 2.75) is 19.1 Å². The molecule has 0 spiro atoms. The van der Waals surface area contributed by atoms with E-state index in [9.17, 15) is 5.11 Å². The maximum absolute atomic E-state index is 9.69. The van der Waals surface area contributed by atoms with Crippen molar-refractivity contribution in [1.82, 2.24) is 5.32 Å². The van der Waals surface area contributed by atoms with E-state index in [1.165, 1.54) is 5.56 Å². The summed E-state index contributed by atoms with van der Waals surface area (Å²) in [5.41, 5.74) is 2.35. The molecule has 0 radical (unpaired) electrons. The molecule has 0 aromatic heterocycles. The number of ether oxygens (including phenoxy) is 1.